The Labute approximate surface area is 180 Å². The van der Waals surface area contributed by atoms with Gasteiger partial charge >= 0.3 is 6.09 Å². The molecule has 29 heavy (non-hydrogen) atoms. The molecular weight excluding hydrogens is 430 g/mol. The van der Waals surface area contributed by atoms with Crippen LogP contribution in [-0.2, 0) is 11.3 Å². The predicted molar refractivity (Wildman–Crippen MR) is 116 cm³/mol. The van der Waals surface area contributed by atoms with Gasteiger partial charge in [0.1, 0.15) is 21.7 Å². The first kappa shape index (κ1) is 19.8. The number of thiazole rings is 2. The summed E-state index contributed by atoms with van der Waals surface area (Å²) < 4.78 is 6.22. The van der Waals surface area contributed by atoms with Gasteiger partial charge in [0.25, 0.3) is 0 Å². The number of aromatic amines is 1. The first-order valence-electron chi connectivity index (χ1n) is 8.94. The van der Waals surface area contributed by atoms with Gasteiger partial charge < -0.3 is 15.0 Å². The zero-order valence-corrected chi connectivity index (χ0v) is 18.1. The van der Waals surface area contributed by atoms with Gasteiger partial charge in [-0.2, -0.15) is 0 Å². The number of amides is 1. The number of carbonyl (C=O) groups excluding carboxylic acids is 1. The molecule has 150 valence electrons. The van der Waals surface area contributed by atoms with E-state index in [0.29, 0.717) is 17.6 Å². The molecule has 10 heteroatoms. The lowest BCUT2D eigenvalue weighted by molar-refractivity contribution is 0.132. The number of H-pyrrole nitrogens is 1. The number of ether oxygens (including phenoxy) is 1. The van der Waals surface area contributed by atoms with Gasteiger partial charge in [0.2, 0.25) is 0 Å². The molecule has 0 atom stereocenters. The summed E-state index contributed by atoms with van der Waals surface area (Å²) in [6, 6.07) is 6.00. The molecule has 0 unspecified atom stereocenters. The summed E-state index contributed by atoms with van der Waals surface area (Å²) in [6.07, 6.45) is -0.471. The van der Waals surface area contributed by atoms with E-state index in [1.54, 1.807) is 16.7 Å². The van der Waals surface area contributed by atoms with Crippen molar-refractivity contribution in [2.45, 2.75) is 20.4 Å². The van der Waals surface area contributed by atoms with E-state index < -0.39 is 6.09 Å². The summed E-state index contributed by atoms with van der Waals surface area (Å²) in [6.45, 7) is 4.55. The van der Waals surface area contributed by atoms with Gasteiger partial charge in [0.05, 0.1) is 34.6 Å². The molecule has 0 bridgehead atoms. The SMILES string of the molecule is CC(C)COC(=O)NCc1nc(-c2ccc3ncsc3c2)c(-c2nc(Cl)cs2)[nH]1. The van der Waals surface area contributed by atoms with E-state index in [1.807, 2.05) is 31.5 Å². The lowest BCUT2D eigenvalue weighted by Gasteiger charge is -2.07. The fraction of sp³-hybridized carbons (Fsp3) is 0.263. The van der Waals surface area contributed by atoms with Crippen molar-refractivity contribution in [2.75, 3.05) is 6.61 Å². The Morgan fingerprint density at radius 1 is 1.31 bits per heavy atom. The Hall–Kier alpha value is -2.49. The Morgan fingerprint density at radius 3 is 2.93 bits per heavy atom. The van der Waals surface area contributed by atoms with Crippen LogP contribution in [-0.4, -0.2) is 32.6 Å². The van der Waals surface area contributed by atoms with Gasteiger partial charge in [0.15, 0.2) is 0 Å². The molecule has 0 radical (unpaired) electrons. The van der Waals surface area contributed by atoms with Crippen molar-refractivity contribution >= 4 is 50.6 Å². The Kier molecular flexibility index (Phi) is 5.79. The third-order valence-corrected chi connectivity index (χ3v) is 5.97. The highest BCUT2D eigenvalue weighted by atomic mass is 35.5. The van der Waals surface area contributed by atoms with Gasteiger partial charge in [-0.25, -0.2) is 19.7 Å². The lowest BCUT2D eigenvalue weighted by atomic mass is 10.1. The van der Waals surface area contributed by atoms with E-state index in [2.05, 4.69) is 26.3 Å². The van der Waals surface area contributed by atoms with Crippen molar-refractivity contribution in [1.82, 2.24) is 25.3 Å². The van der Waals surface area contributed by atoms with Gasteiger partial charge in [-0.15, -0.1) is 22.7 Å². The predicted octanol–water partition coefficient (Wildman–Crippen LogP) is 5.35. The number of rotatable bonds is 6. The minimum absolute atomic E-state index is 0.214. The second-order valence-corrected chi connectivity index (χ2v) is 8.89. The summed E-state index contributed by atoms with van der Waals surface area (Å²) in [5.41, 5.74) is 5.21. The van der Waals surface area contributed by atoms with E-state index in [9.17, 15) is 4.79 Å². The lowest BCUT2D eigenvalue weighted by Crippen LogP contribution is -2.25. The molecule has 1 aromatic carbocycles. The summed E-state index contributed by atoms with van der Waals surface area (Å²) >= 11 is 9.03. The zero-order chi connectivity index (χ0) is 20.4. The molecule has 4 aromatic rings. The van der Waals surface area contributed by atoms with Crippen LogP contribution in [0.5, 0.6) is 0 Å². The normalized spacial score (nSPS) is 11.3. The summed E-state index contributed by atoms with van der Waals surface area (Å²) in [7, 11) is 0. The maximum atomic E-state index is 11.9. The molecule has 1 amide bonds. The van der Waals surface area contributed by atoms with E-state index in [4.69, 9.17) is 21.3 Å². The van der Waals surface area contributed by atoms with Crippen molar-refractivity contribution in [2.24, 2.45) is 5.92 Å². The third-order valence-electron chi connectivity index (χ3n) is 4.00. The average molecular weight is 448 g/mol. The number of nitrogens with one attached hydrogen (secondary N) is 2. The molecule has 7 nitrogen and oxygen atoms in total. The van der Waals surface area contributed by atoms with Crippen LogP contribution in [0.1, 0.15) is 19.7 Å². The van der Waals surface area contributed by atoms with Crippen LogP contribution in [0.2, 0.25) is 5.15 Å². The molecule has 0 saturated heterocycles. The number of fused-ring (bicyclic) bond motifs is 1. The second kappa shape index (κ2) is 8.48. The maximum absolute atomic E-state index is 11.9. The number of nitrogens with zero attached hydrogens (tertiary/aromatic N) is 3. The topological polar surface area (TPSA) is 92.8 Å². The van der Waals surface area contributed by atoms with Crippen molar-refractivity contribution in [3.8, 4) is 22.0 Å². The average Bonchev–Trinajstić information content (AvgIpc) is 3.42. The summed E-state index contributed by atoms with van der Waals surface area (Å²) in [5.74, 6) is 0.881. The monoisotopic (exact) mass is 447 g/mol. The van der Waals surface area contributed by atoms with Crippen molar-refractivity contribution in [3.05, 3.63) is 40.1 Å². The minimum atomic E-state index is -0.471. The number of hydrogen-bond acceptors (Lipinski definition) is 7. The molecule has 3 heterocycles. The van der Waals surface area contributed by atoms with Crippen molar-refractivity contribution in [3.63, 3.8) is 0 Å². The second-order valence-electron chi connectivity index (χ2n) is 6.76. The van der Waals surface area contributed by atoms with Crippen LogP contribution in [0.25, 0.3) is 32.2 Å². The number of benzene rings is 1. The summed E-state index contributed by atoms with van der Waals surface area (Å²) in [5, 5.41) is 5.66. The number of halogens is 1. The molecule has 3 aromatic heterocycles. The largest absolute Gasteiger partial charge is 0.449 e. The van der Waals surface area contributed by atoms with E-state index in [1.165, 1.54) is 11.3 Å². The number of hydrogen-bond donors (Lipinski definition) is 2. The van der Waals surface area contributed by atoms with E-state index in [-0.39, 0.29) is 12.5 Å². The smallest absolute Gasteiger partial charge is 0.407 e. The Bertz CT molecular complexity index is 1150. The van der Waals surface area contributed by atoms with Crippen LogP contribution in [0, 0.1) is 5.92 Å². The van der Waals surface area contributed by atoms with Crippen molar-refractivity contribution < 1.29 is 9.53 Å². The molecule has 4 rings (SSSR count). The highest BCUT2D eigenvalue weighted by Gasteiger charge is 2.18. The molecule has 0 fully saturated rings. The molecule has 0 aliphatic heterocycles. The number of imidazole rings is 1. The standard InChI is InChI=1S/C19H18ClN5O2S2/c1-10(2)7-27-19(26)21-6-15-24-16(17(25-15)18-23-14(20)8-28-18)11-3-4-12-13(5-11)29-9-22-12/h3-5,8-10H,6-7H2,1-2H3,(H,21,26)(H,24,25). The fourth-order valence-corrected chi connectivity index (χ4v) is 4.35. The molecular formula is C19H18ClN5O2S2. The Balaban J connectivity index is 1.63. The van der Waals surface area contributed by atoms with Crippen molar-refractivity contribution in [1.29, 1.82) is 0 Å². The van der Waals surface area contributed by atoms with Gasteiger partial charge in [-0.1, -0.05) is 31.5 Å². The zero-order valence-electron chi connectivity index (χ0n) is 15.7. The van der Waals surface area contributed by atoms with Gasteiger partial charge in [-0.05, 0) is 18.1 Å². The van der Waals surface area contributed by atoms with Gasteiger partial charge in [0, 0.05) is 10.9 Å². The number of aromatic nitrogens is 4. The third kappa shape index (κ3) is 4.58. The van der Waals surface area contributed by atoms with Crippen LogP contribution < -0.4 is 5.32 Å². The summed E-state index contributed by atoms with van der Waals surface area (Å²) in [4.78, 5) is 28.5. The first-order chi connectivity index (χ1) is 14.0. The van der Waals surface area contributed by atoms with E-state index in [0.717, 1.165) is 32.2 Å². The first-order valence-corrected chi connectivity index (χ1v) is 11.1. The quantitative estimate of drug-likeness (QED) is 0.415. The molecule has 0 aliphatic carbocycles. The number of carbonyl (C=O) groups is 1. The molecule has 0 saturated carbocycles. The fourth-order valence-electron chi connectivity index (χ4n) is 2.69. The minimum Gasteiger partial charge on any atom is -0.449 e. The van der Waals surface area contributed by atoms with Gasteiger partial charge in [-0.3, -0.25) is 0 Å². The highest BCUT2D eigenvalue weighted by Crippen LogP contribution is 2.34. The van der Waals surface area contributed by atoms with Crippen LogP contribution >= 0.6 is 34.3 Å². The van der Waals surface area contributed by atoms with E-state index >= 15 is 0 Å². The number of alkyl carbamates (subject to hydrolysis) is 1. The molecule has 0 spiro atoms. The maximum Gasteiger partial charge on any atom is 0.407 e. The van der Waals surface area contributed by atoms with Crippen LogP contribution in [0.3, 0.4) is 0 Å². The Morgan fingerprint density at radius 2 is 2.17 bits per heavy atom. The van der Waals surface area contributed by atoms with Crippen LogP contribution in [0.4, 0.5) is 4.79 Å². The van der Waals surface area contributed by atoms with Crippen LogP contribution in [0.15, 0.2) is 29.1 Å². The molecule has 2 N–H and O–H groups in total. The molecule has 0 aliphatic rings. The highest BCUT2D eigenvalue weighted by molar-refractivity contribution is 7.16.